The summed E-state index contributed by atoms with van der Waals surface area (Å²) in [6.07, 6.45) is 0. The van der Waals surface area contributed by atoms with Gasteiger partial charge in [-0.1, -0.05) is 72.3 Å². The average molecular weight is 219 g/mol. The maximum atomic E-state index is 10.2. The Hall–Kier alpha value is -1.31. The van der Waals surface area contributed by atoms with Crippen LogP contribution in [0.2, 0.25) is 0 Å². The molecule has 1 nitrogen and oxygen atoms in total. The maximum absolute atomic E-state index is 10.2. The molecule has 2 heteroatoms. The molecule has 0 saturated carbocycles. The third-order valence-corrected chi connectivity index (χ3v) is 2.75. The van der Waals surface area contributed by atoms with Crippen LogP contribution in [0.1, 0.15) is 11.1 Å². The van der Waals surface area contributed by atoms with Crippen LogP contribution in [0.3, 0.4) is 0 Å². The molecular weight excluding hydrogens is 208 g/mol. The number of halogens is 1. The fraction of sp³-hybridized carbons (Fsp3) is 0.0769. The number of alkyl halides is 1. The second kappa shape index (κ2) is 4.05. The van der Waals surface area contributed by atoms with E-state index in [1.54, 1.807) is 24.3 Å². The Morgan fingerprint density at radius 3 is 1.40 bits per heavy atom. The van der Waals surface area contributed by atoms with Gasteiger partial charge in [-0.3, -0.25) is 0 Å². The first kappa shape index (κ1) is 10.2. The van der Waals surface area contributed by atoms with E-state index in [0.29, 0.717) is 11.1 Å². The van der Waals surface area contributed by atoms with Gasteiger partial charge in [0.1, 0.15) is 0 Å². The smallest absolute Gasteiger partial charge is 0.190 e. The molecule has 0 aliphatic heterocycles. The van der Waals surface area contributed by atoms with Crippen LogP contribution in [0, 0.1) is 0 Å². The van der Waals surface area contributed by atoms with E-state index < -0.39 is 5.06 Å². The summed E-state index contributed by atoms with van der Waals surface area (Å²) in [6, 6.07) is 18.4. The molecule has 0 bridgehead atoms. The molecule has 0 amide bonds. The number of hydrogen-bond donors (Lipinski definition) is 1. The molecule has 0 aliphatic carbocycles. The monoisotopic (exact) mass is 218 g/mol. The van der Waals surface area contributed by atoms with Crippen molar-refractivity contribution in [2.75, 3.05) is 0 Å². The van der Waals surface area contributed by atoms with Crippen molar-refractivity contribution in [3.8, 4) is 0 Å². The molecule has 0 aromatic heterocycles. The molecule has 0 heterocycles. The summed E-state index contributed by atoms with van der Waals surface area (Å²) in [5.41, 5.74) is 1.36. The lowest BCUT2D eigenvalue weighted by Crippen LogP contribution is -2.19. The summed E-state index contributed by atoms with van der Waals surface area (Å²) < 4.78 is 0. The Bertz CT molecular complexity index is 381. The number of rotatable bonds is 2. The van der Waals surface area contributed by atoms with Gasteiger partial charge in [-0.2, -0.15) is 0 Å². The predicted octanol–water partition coefficient (Wildman–Crippen LogP) is 3.12. The number of hydrogen-bond acceptors (Lipinski definition) is 1. The number of aliphatic hydroxyl groups is 1. The lowest BCUT2D eigenvalue weighted by atomic mass is 10.0. The molecule has 2 aromatic carbocycles. The van der Waals surface area contributed by atoms with Gasteiger partial charge in [0.15, 0.2) is 5.06 Å². The first-order valence-electron chi connectivity index (χ1n) is 4.73. The summed E-state index contributed by atoms with van der Waals surface area (Å²) in [6.45, 7) is 0. The lowest BCUT2D eigenvalue weighted by Gasteiger charge is -2.21. The molecule has 2 rings (SSSR count). The van der Waals surface area contributed by atoms with E-state index >= 15 is 0 Å². The Labute approximate surface area is 94.0 Å². The van der Waals surface area contributed by atoms with Crippen molar-refractivity contribution in [1.82, 2.24) is 0 Å². The van der Waals surface area contributed by atoms with Crippen LogP contribution in [0.15, 0.2) is 60.7 Å². The van der Waals surface area contributed by atoms with Crippen LogP contribution >= 0.6 is 11.6 Å². The molecule has 1 N–H and O–H groups in total. The van der Waals surface area contributed by atoms with Gasteiger partial charge >= 0.3 is 0 Å². The SMILES string of the molecule is OC(Cl)(c1ccccc1)c1ccccc1. The molecule has 0 saturated heterocycles. The Balaban J connectivity index is 2.44. The van der Waals surface area contributed by atoms with Crippen LogP contribution in [0.5, 0.6) is 0 Å². The van der Waals surface area contributed by atoms with Gasteiger partial charge in [0.2, 0.25) is 0 Å². The highest BCUT2D eigenvalue weighted by molar-refractivity contribution is 6.24. The van der Waals surface area contributed by atoms with E-state index in [9.17, 15) is 5.11 Å². The molecule has 0 spiro atoms. The van der Waals surface area contributed by atoms with Crippen LogP contribution in [0.4, 0.5) is 0 Å². The van der Waals surface area contributed by atoms with Gasteiger partial charge in [0.25, 0.3) is 0 Å². The molecule has 76 valence electrons. The summed E-state index contributed by atoms with van der Waals surface area (Å²) >= 11 is 6.14. The first-order chi connectivity index (χ1) is 7.21. The highest BCUT2D eigenvalue weighted by atomic mass is 35.5. The van der Waals surface area contributed by atoms with Crippen molar-refractivity contribution in [3.63, 3.8) is 0 Å². The Morgan fingerprint density at radius 2 is 1.07 bits per heavy atom. The molecule has 0 unspecified atom stereocenters. The topological polar surface area (TPSA) is 20.2 Å². The molecule has 0 radical (unpaired) electrons. The minimum Gasteiger partial charge on any atom is -0.367 e. The van der Waals surface area contributed by atoms with E-state index in [0.717, 1.165) is 0 Å². The third-order valence-electron chi connectivity index (χ3n) is 2.31. The third kappa shape index (κ3) is 2.04. The zero-order chi connectivity index (χ0) is 10.7. The van der Waals surface area contributed by atoms with Crippen LogP contribution < -0.4 is 0 Å². The fourth-order valence-corrected chi connectivity index (χ4v) is 1.74. The van der Waals surface area contributed by atoms with E-state index in [4.69, 9.17) is 11.6 Å². The average Bonchev–Trinajstić information content (AvgIpc) is 2.31. The van der Waals surface area contributed by atoms with Crippen molar-refractivity contribution in [2.45, 2.75) is 5.06 Å². The molecule has 2 aromatic rings. The molecule has 15 heavy (non-hydrogen) atoms. The predicted molar refractivity (Wildman–Crippen MR) is 61.7 cm³/mol. The standard InChI is InChI=1S/C13H11ClO/c14-13(15,11-7-3-1-4-8-11)12-9-5-2-6-10-12/h1-10,15H. The van der Waals surface area contributed by atoms with Gasteiger partial charge in [0.05, 0.1) is 0 Å². The maximum Gasteiger partial charge on any atom is 0.190 e. The molecule has 0 atom stereocenters. The van der Waals surface area contributed by atoms with Gasteiger partial charge in [-0.15, -0.1) is 0 Å². The van der Waals surface area contributed by atoms with E-state index in [2.05, 4.69) is 0 Å². The van der Waals surface area contributed by atoms with Crippen LogP contribution in [0.25, 0.3) is 0 Å². The van der Waals surface area contributed by atoms with Crippen molar-refractivity contribution in [1.29, 1.82) is 0 Å². The summed E-state index contributed by atoms with van der Waals surface area (Å²) in [5.74, 6) is 0. The van der Waals surface area contributed by atoms with Gasteiger partial charge in [0, 0.05) is 11.1 Å². The molecule has 0 aliphatic rings. The largest absolute Gasteiger partial charge is 0.367 e. The second-order valence-corrected chi connectivity index (χ2v) is 3.90. The van der Waals surface area contributed by atoms with Crippen LogP contribution in [-0.2, 0) is 5.06 Å². The zero-order valence-corrected chi connectivity index (χ0v) is 8.85. The van der Waals surface area contributed by atoms with E-state index in [1.165, 1.54) is 0 Å². The second-order valence-electron chi connectivity index (χ2n) is 3.35. The number of benzene rings is 2. The highest BCUT2D eigenvalue weighted by Gasteiger charge is 2.27. The summed E-state index contributed by atoms with van der Waals surface area (Å²) in [7, 11) is 0. The Kier molecular flexibility index (Phi) is 2.76. The lowest BCUT2D eigenvalue weighted by molar-refractivity contribution is 0.173. The van der Waals surface area contributed by atoms with Gasteiger partial charge in [-0.25, -0.2) is 0 Å². The van der Waals surface area contributed by atoms with Crippen LogP contribution in [-0.4, -0.2) is 5.11 Å². The van der Waals surface area contributed by atoms with E-state index in [-0.39, 0.29) is 0 Å². The van der Waals surface area contributed by atoms with Crippen molar-refractivity contribution >= 4 is 11.6 Å². The minimum atomic E-state index is -1.44. The fourth-order valence-electron chi connectivity index (χ4n) is 1.48. The summed E-state index contributed by atoms with van der Waals surface area (Å²) in [5, 5.41) is 8.78. The van der Waals surface area contributed by atoms with Gasteiger partial charge < -0.3 is 5.11 Å². The summed E-state index contributed by atoms with van der Waals surface area (Å²) in [4.78, 5) is 0. The molecular formula is C13H11ClO. The van der Waals surface area contributed by atoms with Gasteiger partial charge in [-0.05, 0) is 0 Å². The van der Waals surface area contributed by atoms with Crippen molar-refractivity contribution in [3.05, 3.63) is 71.8 Å². The quantitative estimate of drug-likeness (QED) is 0.768. The first-order valence-corrected chi connectivity index (χ1v) is 5.11. The Morgan fingerprint density at radius 1 is 0.733 bits per heavy atom. The minimum absolute atomic E-state index is 0.679. The van der Waals surface area contributed by atoms with Crippen molar-refractivity contribution < 1.29 is 5.11 Å². The highest BCUT2D eigenvalue weighted by Crippen LogP contribution is 2.33. The zero-order valence-electron chi connectivity index (χ0n) is 8.10. The molecule has 0 fully saturated rings. The normalized spacial score (nSPS) is 11.3. The van der Waals surface area contributed by atoms with E-state index in [1.807, 2.05) is 36.4 Å². The van der Waals surface area contributed by atoms with Crippen molar-refractivity contribution in [2.24, 2.45) is 0 Å².